The predicted octanol–water partition coefficient (Wildman–Crippen LogP) is 2.06. The second-order valence-electron chi connectivity index (χ2n) is 4.35. The molecular formula is C14H18N2O3. The molecule has 0 unspecified atom stereocenters. The van der Waals surface area contributed by atoms with Gasteiger partial charge in [0.25, 0.3) is 0 Å². The van der Waals surface area contributed by atoms with E-state index in [1.165, 1.54) is 0 Å². The number of methoxy groups -OCH3 is 1. The average molecular weight is 262 g/mol. The largest absolute Gasteiger partial charge is 0.497 e. The van der Waals surface area contributed by atoms with E-state index in [4.69, 9.17) is 9.47 Å². The summed E-state index contributed by atoms with van der Waals surface area (Å²) in [6.45, 7) is 2.06. The fourth-order valence-corrected chi connectivity index (χ4v) is 1.80. The molecule has 1 aromatic carbocycles. The number of nitrogens with zero attached hydrogens (tertiary/aromatic N) is 2. The number of aliphatic hydroxyl groups excluding tert-OH is 1. The molecule has 1 N–H and O–H groups in total. The Hall–Kier alpha value is -2.01. The maximum atomic E-state index is 9.73. The average Bonchev–Trinajstić information content (AvgIpc) is 2.81. The van der Waals surface area contributed by atoms with Crippen molar-refractivity contribution in [2.75, 3.05) is 7.11 Å². The third-order valence-corrected chi connectivity index (χ3v) is 2.82. The molecule has 2 rings (SSSR count). The predicted molar refractivity (Wildman–Crippen MR) is 71.2 cm³/mol. The molecule has 0 bridgehead atoms. The first-order valence-electron chi connectivity index (χ1n) is 6.07. The minimum absolute atomic E-state index is 0.355. The second kappa shape index (κ2) is 5.75. The van der Waals surface area contributed by atoms with E-state index >= 15 is 0 Å². The molecular weight excluding hydrogens is 244 g/mol. The molecule has 5 nitrogen and oxygen atoms in total. The Labute approximate surface area is 112 Å². The number of hydrogen-bond donors (Lipinski definition) is 1. The van der Waals surface area contributed by atoms with Gasteiger partial charge in [-0.2, -0.15) is 5.10 Å². The van der Waals surface area contributed by atoms with Crippen LogP contribution in [-0.2, 0) is 13.7 Å². The van der Waals surface area contributed by atoms with Gasteiger partial charge in [0.1, 0.15) is 18.1 Å². The van der Waals surface area contributed by atoms with Crippen molar-refractivity contribution in [1.29, 1.82) is 0 Å². The molecule has 0 saturated carbocycles. The van der Waals surface area contributed by atoms with Gasteiger partial charge in [-0.25, -0.2) is 0 Å². The SMILES string of the molecule is COc1ccc([C@@H](C)O)c(OCc2ccn(C)n2)c1. The maximum Gasteiger partial charge on any atom is 0.132 e. The first kappa shape index (κ1) is 13.4. The van der Waals surface area contributed by atoms with Crippen LogP contribution >= 0.6 is 0 Å². The Bertz CT molecular complexity index is 549. The molecule has 2 aromatic rings. The lowest BCUT2D eigenvalue weighted by atomic mass is 10.1. The molecule has 5 heteroatoms. The quantitative estimate of drug-likeness (QED) is 0.896. The Morgan fingerprint density at radius 1 is 1.37 bits per heavy atom. The fraction of sp³-hybridized carbons (Fsp3) is 0.357. The van der Waals surface area contributed by atoms with Crippen molar-refractivity contribution in [2.24, 2.45) is 7.05 Å². The van der Waals surface area contributed by atoms with E-state index in [0.717, 1.165) is 11.3 Å². The molecule has 1 heterocycles. The van der Waals surface area contributed by atoms with Gasteiger partial charge in [-0.15, -0.1) is 0 Å². The number of ether oxygens (including phenoxy) is 2. The van der Waals surface area contributed by atoms with E-state index in [0.29, 0.717) is 18.1 Å². The van der Waals surface area contributed by atoms with Crippen LogP contribution in [-0.4, -0.2) is 22.0 Å². The summed E-state index contributed by atoms with van der Waals surface area (Å²) in [5.41, 5.74) is 1.57. The molecule has 0 aliphatic carbocycles. The molecule has 0 aliphatic heterocycles. The van der Waals surface area contributed by atoms with Gasteiger partial charge in [-0.05, 0) is 25.1 Å². The van der Waals surface area contributed by atoms with Gasteiger partial charge in [0.2, 0.25) is 0 Å². The van der Waals surface area contributed by atoms with Crippen LogP contribution in [0.2, 0.25) is 0 Å². The van der Waals surface area contributed by atoms with E-state index in [-0.39, 0.29) is 0 Å². The van der Waals surface area contributed by atoms with Crippen molar-refractivity contribution in [2.45, 2.75) is 19.6 Å². The van der Waals surface area contributed by atoms with Crippen molar-refractivity contribution in [1.82, 2.24) is 9.78 Å². The number of aliphatic hydroxyl groups is 1. The molecule has 0 radical (unpaired) electrons. The zero-order chi connectivity index (χ0) is 13.8. The first-order valence-corrected chi connectivity index (χ1v) is 6.07. The summed E-state index contributed by atoms with van der Waals surface area (Å²) in [6.07, 6.45) is 1.27. The molecule has 1 aromatic heterocycles. The van der Waals surface area contributed by atoms with E-state index < -0.39 is 6.10 Å². The molecule has 0 amide bonds. The van der Waals surface area contributed by atoms with Crippen molar-refractivity contribution in [3.05, 3.63) is 41.7 Å². The van der Waals surface area contributed by atoms with E-state index in [2.05, 4.69) is 5.10 Å². The van der Waals surface area contributed by atoms with Gasteiger partial charge in [0, 0.05) is 24.9 Å². The fourth-order valence-electron chi connectivity index (χ4n) is 1.80. The van der Waals surface area contributed by atoms with Crippen molar-refractivity contribution in [3.8, 4) is 11.5 Å². The first-order chi connectivity index (χ1) is 9.10. The third-order valence-electron chi connectivity index (χ3n) is 2.82. The van der Waals surface area contributed by atoms with Crippen molar-refractivity contribution in [3.63, 3.8) is 0 Å². The minimum atomic E-state index is -0.593. The molecule has 102 valence electrons. The lowest BCUT2D eigenvalue weighted by molar-refractivity contribution is 0.189. The summed E-state index contributed by atoms with van der Waals surface area (Å²) >= 11 is 0. The van der Waals surface area contributed by atoms with Crippen LogP contribution in [0.4, 0.5) is 0 Å². The van der Waals surface area contributed by atoms with Crippen molar-refractivity contribution >= 4 is 0 Å². The van der Waals surface area contributed by atoms with Gasteiger partial charge in [-0.1, -0.05) is 0 Å². The summed E-state index contributed by atoms with van der Waals surface area (Å²) in [7, 11) is 3.45. The Morgan fingerprint density at radius 3 is 2.74 bits per heavy atom. The number of rotatable bonds is 5. The van der Waals surface area contributed by atoms with Crippen LogP contribution in [0.15, 0.2) is 30.5 Å². The lowest BCUT2D eigenvalue weighted by Crippen LogP contribution is -2.02. The van der Waals surface area contributed by atoms with Gasteiger partial charge >= 0.3 is 0 Å². The van der Waals surface area contributed by atoms with Crippen LogP contribution in [0, 0.1) is 0 Å². The Morgan fingerprint density at radius 2 is 2.16 bits per heavy atom. The zero-order valence-electron chi connectivity index (χ0n) is 11.3. The summed E-state index contributed by atoms with van der Waals surface area (Å²) in [5.74, 6) is 1.31. The maximum absolute atomic E-state index is 9.73. The molecule has 0 aliphatic rings. The van der Waals surface area contributed by atoms with Crippen molar-refractivity contribution < 1.29 is 14.6 Å². The number of hydrogen-bond acceptors (Lipinski definition) is 4. The lowest BCUT2D eigenvalue weighted by Gasteiger charge is -2.14. The minimum Gasteiger partial charge on any atom is -0.497 e. The molecule has 0 saturated heterocycles. The number of benzene rings is 1. The van der Waals surface area contributed by atoms with Crippen LogP contribution in [0.25, 0.3) is 0 Å². The summed E-state index contributed by atoms with van der Waals surface area (Å²) in [5, 5.41) is 14.0. The van der Waals surface area contributed by atoms with Crippen LogP contribution in [0.3, 0.4) is 0 Å². The Balaban J connectivity index is 2.17. The van der Waals surface area contributed by atoms with Crippen LogP contribution < -0.4 is 9.47 Å². The van der Waals surface area contributed by atoms with Gasteiger partial charge in [0.15, 0.2) is 0 Å². The highest BCUT2D eigenvalue weighted by Gasteiger charge is 2.11. The third kappa shape index (κ3) is 3.26. The van der Waals surface area contributed by atoms with E-state index in [1.54, 1.807) is 36.9 Å². The summed E-state index contributed by atoms with van der Waals surface area (Å²) in [4.78, 5) is 0. The molecule has 0 spiro atoms. The van der Waals surface area contributed by atoms with E-state index in [1.807, 2.05) is 19.3 Å². The van der Waals surface area contributed by atoms with Gasteiger partial charge in [0.05, 0.1) is 18.9 Å². The summed E-state index contributed by atoms with van der Waals surface area (Å²) in [6, 6.07) is 7.26. The molecule has 19 heavy (non-hydrogen) atoms. The van der Waals surface area contributed by atoms with Gasteiger partial charge < -0.3 is 14.6 Å². The van der Waals surface area contributed by atoms with Crippen LogP contribution in [0.1, 0.15) is 24.3 Å². The van der Waals surface area contributed by atoms with Crippen LogP contribution in [0.5, 0.6) is 11.5 Å². The molecule has 1 atom stereocenters. The number of aromatic nitrogens is 2. The topological polar surface area (TPSA) is 56.5 Å². The monoisotopic (exact) mass is 262 g/mol. The second-order valence-corrected chi connectivity index (χ2v) is 4.35. The summed E-state index contributed by atoms with van der Waals surface area (Å²) < 4.78 is 12.6. The highest BCUT2D eigenvalue weighted by molar-refractivity contribution is 5.41. The van der Waals surface area contributed by atoms with Gasteiger partial charge in [-0.3, -0.25) is 4.68 Å². The highest BCUT2D eigenvalue weighted by Crippen LogP contribution is 2.29. The normalized spacial score (nSPS) is 12.2. The highest BCUT2D eigenvalue weighted by atomic mass is 16.5. The van der Waals surface area contributed by atoms with E-state index in [9.17, 15) is 5.11 Å². The smallest absolute Gasteiger partial charge is 0.132 e. The standard InChI is InChI=1S/C14H18N2O3/c1-10(17)13-5-4-12(18-3)8-14(13)19-9-11-6-7-16(2)15-11/h4-8,10,17H,9H2,1-3H3/t10-/m1/s1. The Kier molecular flexibility index (Phi) is 4.06. The molecule has 0 fully saturated rings. The zero-order valence-corrected chi connectivity index (χ0v) is 11.3. The number of aryl methyl sites for hydroxylation is 1.